The lowest BCUT2D eigenvalue weighted by Gasteiger charge is -2.36. The Hall–Kier alpha value is -4.40. The normalized spacial score (nSPS) is 17.9. The number of nitrogens with one attached hydrogen (secondary N) is 2. The number of piperidine rings is 1. The van der Waals surface area contributed by atoms with E-state index >= 15 is 4.39 Å². The van der Waals surface area contributed by atoms with Gasteiger partial charge in [-0.05, 0) is 18.6 Å². The van der Waals surface area contributed by atoms with Crippen molar-refractivity contribution < 1.29 is 9.18 Å². The molecule has 162 valence electrons. The van der Waals surface area contributed by atoms with Gasteiger partial charge in [0.05, 0.1) is 29.4 Å². The number of nitrogens with zero attached hydrogens (tertiary/aromatic N) is 7. The van der Waals surface area contributed by atoms with E-state index < -0.39 is 18.1 Å². The zero-order valence-corrected chi connectivity index (χ0v) is 16.8. The van der Waals surface area contributed by atoms with E-state index in [4.69, 9.17) is 11.0 Å². The fourth-order valence-electron chi connectivity index (χ4n) is 3.37. The number of pyridine rings is 2. The molecule has 4 rings (SSSR count). The Bertz CT molecular complexity index is 1140. The number of alkyl halides is 1. The molecule has 1 aliphatic rings. The van der Waals surface area contributed by atoms with Crippen molar-refractivity contribution in [3.05, 3.63) is 54.4 Å². The molecule has 0 unspecified atom stereocenters. The van der Waals surface area contributed by atoms with E-state index in [1.807, 2.05) is 11.0 Å². The second kappa shape index (κ2) is 9.17. The fourth-order valence-corrected chi connectivity index (χ4v) is 3.37. The van der Waals surface area contributed by atoms with Crippen LogP contribution in [-0.2, 0) is 0 Å². The zero-order chi connectivity index (χ0) is 22.5. The van der Waals surface area contributed by atoms with Gasteiger partial charge in [-0.25, -0.2) is 29.3 Å². The molecule has 32 heavy (non-hydrogen) atoms. The van der Waals surface area contributed by atoms with Crippen molar-refractivity contribution in [2.75, 3.05) is 28.6 Å². The molecular formula is C20H19FN10O. The van der Waals surface area contributed by atoms with Gasteiger partial charge in [0.25, 0.3) is 5.91 Å². The van der Waals surface area contributed by atoms with Crippen molar-refractivity contribution in [1.82, 2.24) is 24.9 Å². The third-order valence-corrected chi connectivity index (χ3v) is 4.99. The maximum Gasteiger partial charge on any atom is 0.252 e. The topological polar surface area (TPSA) is 159 Å². The largest absolute Gasteiger partial charge is 0.378 e. The highest BCUT2D eigenvalue weighted by Crippen LogP contribution is 2.26. The van der Waals surface area contributed by atoms with Crippen LogP contribution in [0.15, 0.2) is 43.2 Å². The van der Waals surface area contributed by atoms with E-state index in [0.29, 0.717) is 35.9 Å². The molecule has 0 bridgehead atoms. The Morgan fingerprint density at radius 3 is 2.69 bits per heavy atom. The van der Waals surface area contributed by atoms with Crippen molar-refractivity contribution in [2.45, 2.75) is 18.6 Å². The van der Waals surface area contributed by atoms with Crippen molar-refractivity contribution >= 4 is 29.2 Å². The average Bonchev–Trinajstić information content (AvgIpc) is 2.81. The lowest BCUT2D eigenvalue weighted by Crippen LogP contribution is -2.48. The molecule has 1 saturated heterocycles. The van der Waals surface area contributed by atoms with Crippen LogP contribution in [0.5, 0.6) is 0 Å². The van der Waals surface area contributed by atoms with Gasteiger partial charge in [0.15, 0.2) is 0 Å². The van der Waals surface area contributed by atoms with E-state index in [0.717, 1.165) is 0 Å². The molecule has 0 spiro atoms. The third-order valence-electron chi connectivity index (χ3n) is 4.99. The van der Waals surface area contributed by atoms with E-state index in [9.17, 15) is 4.79 Å². The van der Waals surface area contributed by atoms with Crippen LogP contribution in [0.2, 0.25) is 0 Å². The third kappa shape index (κ3) is 4.67. The lowest BCUT2D eigenvalue weighted by molar-refractivity contribution is 0.100. The van der Waals surface area contributed by atoms with Gasteiger partial charge in [0.2, 0.25) is 5.95 Å². The number of aromatic nitrogens is 5. The summed E-state index contributed by atoms with van der Waals surface area (Å²) in [5.74, 6) is 0.562. The number of amides is 1. The number of rotatable bonds is 6. The summed E-state index contributed by atoms with van der Waals surface area (Å²) in [5, 5.41) is 14.9. The van der Waals surface area contributed by atoms with Gasteiger partial charge in [-0.15, -0.1) is 0 Å². The van der Waals surface area contributed by atoms with Gasteiger partial charge in [0.1, 0.15) is 36.5 Å². The minimum atomic E-state index is -1.24. The standard InChI is InChI=1S/C20H19FN10O/c21-14-9-31(18-2-1-12(6-22)7-26-18)4-3-15(14)29-16-5-17(25-8-13(16)19(23)32)30-20-27-10-24-11-28-20/h1-2,5,7-8,10-11,14-15H,3-4,9H2,(H2,23,32)(H2,24,25,27,28,29,30)/t14-,15+/m0/s1. The van der Waals surface area contributed by atoms with Crippen molar-refractivity contribution in [3.63, 3.8) is 0 Å². The van der Waals surface area contributed by atoms with Crippen LogP contribution in [0, 0.1) is 11.3 Å². The number of nitrogens with two attached hydrogens (primary N) is 1. The Balaban J connectivity index is 1.48. The maximum absolute atomic E-state index is 15.0. The quantitative estimate of drug-likeness (QED) is 0.518. The Labute approximate surface area is 182 Å². The number of hydrogen-bond acceptors (Lipinski definition) is 10. The summed E-state index contributed by atoms with van der Waals surface area (Å²) < 4.78 is 15.0. The van der Waals surface area contributed by atoms with Gasteiger partial charge < -0.3 is 21.3 Å². The fraction of sp³-hybridized carbons (Fsp3) is 0.250. The number of halogens is 1. The molecule has 4 N–H and O–H groups in total. The summed E-state index contributed by atoms with van der Waals surface area (Å²) >= 11 is 0. The van der Waals surface area contributed by atoms with Gasteiger partial charge in [-0.1, -0.05) is 0 Å². The molecule has 2 atom stereocenters. The van der Waals surface area contributed by atoms with Gasteiger partial charge in [0, 0.05) is 25.0 Å². The van der Waals surface area contributed by atoms with E-state index in [2.05, 4.69) is 35.6 Å². The zero-order valence-electron chi connectivity index (χ0n) is 16.8. The predicted octanol–water partition coefficient (Wildman–Crippen LogP) is 1.40. The molecule has 1 amide bonds. The monoisotopic (exact) mass is 434 g/mol. The minimum Gasteiger partial charge on any atom is -0.378 e. The Morgan fingerprint density at radius 2 is 2.03 bits per heavy atom. The summed E-state index contributed by atoms with van der Waals surface area (Å²) in [6, 6.07) is 6.38. The lowest BCUT2D eigenvalue weighted by atomic mass is 10.0. The first-order chi connectivity index (χ1) is 15.5. The predicted molar refractivity (Wildman–Crippen MR) is 114 cm³/mol. The van der Waals surface area contributed by atoms with Crippen molar-refractivity contribution in [2.24, 2.45) is 5.73 Å². The molecule has 0 saturated carbocycles. The molecule has 1 aliphatic heterocycles. The van der Waals surface area contributed by atoms with Gasteiger partial charge >= 0.3 is 0 Å². The van der Waals surface area contributed by atoms with E-state index in [1.54, 1.807) is 18.2 Å². The Kier molecular flexibility index (Phi) is 5.98. The van der Waals surface area contributed by atoms with Crippen molar-refractivity contribution in [3.8, 4) is 6.07 Å². The minimum absolute atomic E-state index is 0.115. The SMILES string of the molecule is N#Cc1ccc(N2CC[C@@H](Nc3cc(Nc4ncncn4)ncc3C(N)=O)[C@@H](F)C2)nc1. The van der Waals surface area contributed by atoms with Gasteiger partial charge in [-0.2, -0.15) is 5.26 Å². The number of hydrogen-bond donors (Lipinski definition) is 3. The molecule has 0 aliphatic carbocycles. The number of carbonyl (C=O) groups excluding carboxylic acids is 1. The molecule has 3 aromatic rings. The highest BCUT2D eigenvalue weighted by molar-refractivity contribution is 5.98. The summed E-state index contributed by atoms with van der Waals surface area (Å²) in [5.41, 5.74) is 6.43. The first-order valence-corrected chi connectivity index (χ1v) is 9.74. The van der Waals surface area contributed by atoms with E-state index in [-0.39, 0.29) is 18.1 Å². The van der Waals surface area contributed by atoms with Gasteiger partial charge in [-0.3, -0.25) is 4.79 Å². The van der Waals surface area contributed by atoms with Crippen LogP contribution < -0.4 is 21.3 Å². The van der Waals surface area contributed by atoms with Crippen LogP contribution in [0.25, 0.3) is 0 Å². The molecule has 0 aromatic carbocycles. The Morgan fingerprint density at radius 1 is 1.22 bits per heavy atom. The number of carbonyl (C=O) groups is 1. The van der Waals surface area contributed by atoms with Crippen LogP contribution in [0.4, 0.5) is 27.7 Å². The molecule has 11 nitrogen and oxygen atoms in total. The number of primary amides is 1. The van der Waals surface area contributed by atoms with Crippen LogP contribution in [0.3, 0.4) is 0 Å². The van der Waals surface area contributed by atoms with Crippen LogP contribution in [-0.4, -0.2) is 56.1 Å². The molecule has 4 heterocycles. The molecule has 0 radical (unpaired) electrons. The highest BCUT2D eigenvalue weighted by atomic mass is 19.1. The van der Waals surface area contributed by atoms with Crippen LogP contribution >= 0.6 is 0 Å². The number of anilines is 4. The summed E-state index contributed by atoms with van der Waals surface area (Å²) in [6.45, 7) is 0.660. The summed E-state index contributed by atoms with van der Waals surface area (Å²) in [6.07, 6.45) is 4.66. The highest BCUT2D eigenvalue weighted by Gasteiger charge is 2.30. The first kappa shape index (κ1) is 20.9. The second-order valence-corrected chi connectivity index (χ2v) is 7.08. The second-order valence-electron chi connectivity index (χ2n) is 7.08. The smallest absolute Gasteiger partial charge is 0.252 e. The molecule has 3 aromatic heterocycles. The summed E-state index contributed by atoms with van der Waals surface area (Å²) in [7, 11) is 0. The van der Waals surface area contributed by atoms with Crippen LogP contribution in [0.1, 0.15) is 22.3 Å². The first-order valence-electron chi connectivity index (χ1n) is 9.74. The average molecular weight is 434 g/mol. The molecule has 1 fully saturated rings. The maximum atomic E-state index is 15.0. The van der Waals surface area contributed by atoms with E-state index in [1.165, 1.54) is 25.0 Å². The molecule has 12 heteroatoms. The molecular weight excluding hydrogens is 415 g/mol. The summed E-state index contributed by atoms with van der Waals surface area (Å²) in [4.78, 5) is 33.7. The number of nitriles is 1. The van der Waals surface area contributed by atoms with Crippen molar-refractivity contribution in [1.29, 1.82) is 5.26 Å².